The Labute approximate surface area is 118 Å². The lowest BCUT2D eigenvalue weighted by Gasteiger charge is -2.37. The Morgan fingerprint density at radius 2 is 2.26 bits per heavy atom. The molecule has 0 spiro atoms. The molecule has 104 valence electrons. The van der Waals surface area contributed by atoms with E-state index in [0.717, 1.165) is 17.7 Å². The second-order valence-electron chi connectivity index (χ2n) is 4.47. The molecule has 19 heavy (non-hydrogen) atoms. The Morgan fingerprint density at radius 1 is 1.47 bits per heavy atom. The highest BCUT2D eigenvalue weighted by molar-refractivity contribution is 6.27. The van der Waals surface area contributed by atoms with E-state index in [4.69, 9.17) is 21.1 Å². The van der Waals surface area contributed by atoms with E-state index in [1.807, 2.05) is 12.1 Å². The van der Waals surface area contributed by atoms with Crippen molar-refractivity contribution in [1.82, 2.24) is 4.90 Å². The Hall–Kier alpha value is -1.26. The summed E-state index contributed by atoms with van der Waals surface area (Å²) in [4.78, 5) is 13.7. The van der Waals surface area contributed by atoms with Gasteiger partial charge >= 0.3 is 0 Å². The quantitative estimate of drug-likeness (QED) is 0.794. The summed E-state index contributed by atoms with van der Waals surface area (Å²) < 4.78 is 10.7. The summed E-state index contributed by atoms with van der Waals surface area (Å²) in [6, 6.07) is 5.83. The first-order valence-electron chi connectivity index (χ1n) is 6.23. The number of carbonyl (C=O) groups excluding carboxylic acids is 1. The lowest BCUT2D eigenvalue weighted by molar-refractivity contribution is -0.132. The Bertz CT molecular complexity index is 450. The van der Waals surface area contributed by atoms with Crippen LogP contribution in [0.25, 0.3) is 0 Å². The normalized spacial score (nSPS) is 18.1. The van der Waals surface area contributed by atoms with Crippen molar-refractivity contribution >= 4 is 17.5 Å². The second kappa shape index (κ2) is 6.26. The van der Waals surface area contributed by atoms with E-state index in [1.54, 1.807) is 19.1 Å². The third-order valence-electron chi connectivity index (χ3n) is 3.47. The molecule has 1 atom stereocenters. The van der Waals surface area contributed by atoms with Crippen LogP contribution in [0, 0.1) is 0 Å². The maximum absolute atomic E-state index is 12.0. The van der Waals surface area contributed by atoms with Gasteiger partial charge in [0.25, 0.3) is 0 Å². The number of nitrogens with zero attached hydrogens (tertiary/aromatic N) is 1. The summed E-state index contributed by atoms with van der Waals surface area (Å²) in [6.45, 7) is 1.11. The van der Waals surface area contributed by atoms with Gasteiger partial charge in [0.2, 0.25) is 5.91 Å². The molecule has 1 unspecified atom stereocenters. The van der Waals surface area contributed by atoms with Crippen LogP contribution in [0.3, 0.4) is 0 Å². The standard InChI is InChI=1S/C14H18ClNO3/c1-18-9-11-14-10(4-3-5-12(14)19-2)6-7-16(11)13(17)8-15/h3-5,11H,6-9H2,1-2H3. The van der Waals surface area contributed by atoms with Crippen LogP contribution in [0.5, 0.6) is 5.75 Å². The molecule has 0 aliphatic carbocycles. The monoisotopic (exact) mass is 283 g/mol. The van der Waals surface area contributed by atoms with Gasteiger partial charge in [-0.1, -0.05) is 12.1 Å². The summed E-state index contributed by atoms with van der Waals surface area (Å²) in [5, 5.41) is 0. The molecule has 1 aromatic carbocycles. The van der Waals surface area contributed by atoms with E-state index < -0.39 is 0 Å². The lowest BCUT2D eigenvalue weighted by atomic mass is 9.92. The first kappa shape index (κ1) is 14.2. The maximum atomic E-state index is 12.0. The Kier molecular flexibility index (Phi) is 4.66. The van der Waals surface area contributed by atoms with Crippen LogP contribution < -0.4 is 4.74 Å². The zero-order valence-electron chi connectivity index (χ0n) is 11.2. The molecule has 0 bridgehead atoms. The number of hydrogen-bond acceptors (Lipinski definition) is 3. The van der Waals surface area contributed by atoms with Gasteiger partial charge in [-0.05, 0) is 18.1 Å². The van der Waals surface area contributed by atoms with Gasteiger partial charge in [-0.15, -0.1) is 11.6 Å². The van der Waals surface area contributed by atoms with Crippen molar-refractivity contribution in [3.05, 3.63) is 29.3 Å². The van der Waals surface area contributed by atoms with Crippen molar-refractivity contribution < 1.29 is 14.3 Å². The van der Waals surface area contributed by atoms with E-state index in [0.29, 0.717) is 13.2 Å². The molecule has 5 heteroatoms. The number of methoxy groups -OCH3 is 2. The van der Waals surface area contributed by atoms with Gasteiger partial charge in [-0.3, -0.25) is 4.79 Å². The Balaban J connectivity index is 2.44. The summed E-state index contributed by atoms with van der Waals surface area (Å²) in [6.07, 6.45) is 0.815. The van der Waals surface area contributed by atoms with Crippen LogP contribution in [0.2, 0.25) is 0 Å². The van der Waals surface area contributed by atoms with E-state index in [-0.39, 0.29) is 17.8 Å². The van der Waals surface area contributed by atoms with Crippen molar-refractivity contribution in [1.29, 1.82) is 0 Å². The van der Waals surface area contributed by atoms with Crippen LogP contribution in [0.1, 0.15) is 17.2 Å². The first-order chi connectivity index (χ1) is 9.22. The maximum Gasteiger partial charge on any atom is 0.238 e. The predicted molar refractivity (Wildman–Crippen MR) is 73.7 cm³/mol. The molecule has 1 aliphatic rings. The molecule has 2 rings (SSSR count). The van der Waals surface area contributed by atoms with Crippen molar-refractivity contribution in [2.75, 3.05) is 33.3 Å². The van der Waals surface area contributed by atoms with Gasteiger partial charge in [-0.2, -0.15) is 0 Å². The molecule has 1 aromatic rings. The van der Waals surface area contributed by atoms with E-state index in [1.165, 1.54) is 5.56 Å². The molecule has 0 fully saturated rings. The fraction of sp³-hybridized carbons (Fsp3) is 0.500. The van der Waals surface area contributed by atoms with Crippen LogP contribution in [-0.2, 0) is 16.0 Å². The molecule has 1 aliphatic heterocycles. The molecule has 1 amide bonds. The highest BCUT2D eigenvalue weighted by atomic mass is 35.5. The van der Waals surface area contributed by atoms with Gasteiger partial charge in [0.05, 0.1) is 19.8 Å². The molecule has 0 aromatic heterocycles. The minimum absolute atomic E-state index is 0.00923. The van der Waals surface area contributed by atoms with Crippen LogP contribution in [0.4, 0.5) is 0 Å². The van der Waals surface area contributed by atoms with Gasteiger partial charge in [0.15, 0.2) is 0 Å². The third-order valence-corrected chi connectivity index (χ3v) is 3.70. The molecule has 4 nitrogen and oxygen atoms in total. The van der Waals surface area contributed by atoms with Crippen LogP contribution in [0.15, 0.2) is 18.2 Å². The SMILES string of the molecule is COCC1c2c(cccc2OC)CCN1C(=O)CCl. The van der Waals surface area contributed by atoms with Crippen molar-refractivity contribution in [2.45, 2.75) is 12.5 Å². The zero-order valence-corrected chi connectivity index (χ0v) is 11.9. The summed E-state index contributed by atoms with van der Waals surface area (Å²) >= 11 is 5.69. The van der Waals surface area contributed by atoms with Gasteiger partial charge in [0.1, 0.15) is 11.6 Å². The number of rotatable bonds is 4. The van der Waals surface area contributed by atoms with Gasteiger partial charge < -0.3 is 14.4 Å². The van der Waals surface area contributed by atoms with Gasteiger partial charge in [0, 0.05) is 19.2 Å². The third kappa shape index (κ3) is 2.69. The minimum atomic E-state index is -0.129. The number of carbonyl (C=O) groups is 1. The molecule has 0 saturated heterocycles. The van der Waals surface area contributed by atoms with E-state index >= 15 is 0 Å². The molecular formula is C14H18ClNO3. The number of alkyl halides is 1. The smallest absolute Gasteiger partial charge is 0.238 e. The van der Waals surface area contributed by atoms with Crippen molar-refractivity contribution in [3.63, 3.8) is 0 Å². The van der Waals surface area contributed by atoms with Crippen molar-refractivity contribution in [3.8, 4) is 5.75 Å². The van der Waals surface area contributed by atoms with Crippen LogP contribution >= 0.6 is 11.6 Å². The molecule has 0 saturated carbocycles. The number of ether oxygens (including phenoxy) is 2. The highest BCUT2D eigenvalue weighted by Gasteiger charge is 2.32. The van der Waals surface area contributed by atoms with Crippen molar-refractivity contribution in [2.24, 2.45) is 0 Å². The average molecular weight is 284 g/mol. The number of halogens is 1. The number of fused-ring (bicyclic) bond motifs is 1. The number of benzene rings is 1. The summed E-state index contributed by atoms with van der Waals surface area (Å²) in [5.74, 6) is 0.719. The Morgan fingerprint density at radius 3 is 2.89 bits per heavy atom. The topological polar surface area (TPSA) is 38.8 Å². The van der Waals surface area contributed by atoms with Crippen LogP contribution in [-0.4, -0.2) is 44.1 Å². The first-order valence-corrected chi connectivity index (χ1v) is 6.76. The van der Waals surface area contributed by atoms with E-state index in [2.05, 4.69) is 6.07 Å². The van der Waals surface area contributed by atoms with Gasteiger partial charge in [-0.25, -0.2) is 0 Å². The molecule has 1 heterocycles. The fourth-order valence-electron chi connectivity index (χ4n) is 2.62. The molecular weight excluding hydrogens is 266 g/mol. The predicted octanol–water partition coefficient (Wildman–Crippen LogP) is 2.01. The summed E-state index contributed by atoms with van der Waals surface area (Å²) in [7, 11) is 3.27. The minimum Gasteiger partial charge on any atom is -0.496 e. The second-order valence-corrected chi connectivity index (χ2v) is 4.74. The zero-order chi connectivity index (χ0) is 13.8. The largest absolute Gasteiger partial charge is 0.496 e. The molecule has 0 N–H and O–H groups in total. The highest BCUT2D eigenvalue weighted by Crippen LogP contribution is 2.36. The number of amides is 1. The lowest BCUT2D eigenvalue weighted by Crippen LogP contribution is -2.42. The van der Waals surface area contributed by atoms with E-state index in [9.17, 15) is 4.79 Å². The average Bonchev–Trinajstić information content (AvgIpc) is 2.46. The summed E-state index contributed by atoms with van der Waals surface area (Å²) in [5.41, 5.74) is 2.25. The molecule has 0 radical (unpaired) electrons. The number of hydrogen-bond donors (Lipinski definition) is 0. The fourth-order valence-corrected chi connectivity index (χ4v) is 2.78.